The fourth-order valence-corrected chi connectivity index (χ4v) is 8.51. The number of benzene rings is 1. The highest BCUT2D eigenvalue weighted by Crippen LogP contribution is 2.50. The minimum absolute atomic E-state index is 0.133. The first-order chi connectivity index (χ1) is 20.5. The number of hydrogen-bond acceptors (Lipinski definition) is 7. The number of aromatic nitrogens is 5. The van der Waals surface area contributed by atoms with E-state index in [1.807, 2.05) is 45.0 Å². The molecular formula is C32H42FIN6O2SSi. The molecule has 1 aliphatic rings. The molecule has 2 atom stereocenters. The molecule has 1 N–H and O–H groups in total. The second-order valence-electron chi connectivity index (χ2n) is 14.1. The summed E-state index contributed by atoms with van der Waals surface area (Å²) >= 11 is 1.07. The van der Waals surface area contributed by atoms with Crippen LogP contribution in [0.25, 0.3) is 28.0 Å². The van der Waals surface area contributed by atoms with Crippen molar-refractivity contribution in [2.75, 3.05) is 0 Å². The summed E-state index contributed by atoms with van der Waals surface area (Å²) in [5, 5.41) is 5.58. The first kappa shape index (κ1) is 33.4. The Morgan fingerprint density at radius 3 is 2.45 bits per heavy atom. The number of nitrogens with one attached hydrogen (secondary N) is 1. The Morgan fingerprint density at radius 2 is 1.80 bits per heavy atom. The zero-order valence-electron chi connectivity index (χ0n) is 26.7. The van der Waals surface area contributed by atoms with Gasteiger partial charge in [-0.25, -0.2) is 19.0 Å². The Morgan fingerprint density at radius 1 is 1.07 bits per heavy atom. The zero-order chi connectivity index (χ0) is 32.1. The molecule has 0 amide bonds. The van der Waals surface area contributed by atoms with Crippen molar-refractivity contribution in [1.82, 2.24) is 29.5 Å². The summed E-state index contributed by atoms with van der Waals surface area (Å²) in [5.74, 6) is 0.707. The Kier molecular flexibility index (Phi) is 9.35. The van der Waals surface area contributed by atoms with Gasteiger partial charge in [0.15, 0.2) is 17.7 Å². The second kappa shape index (κ2) is 12.3. The molecule has 4 aromatic rings. The smallest absolute Gasteiger partial charge is 0.192 e. The third-order valence-electron chi connectivity index (χ3n) is 8.74. The van der Waals surface area contributed by atoms with Crippen molar-refractivity contribution in [3.05, 3.63) is 66.4 Å². The summed E-state index contributed by atoms with van der Waals surface area (Å²) in [4.78, 5) is 14.1. The monoisotopic (exact) mass is 748 g/mol. The van der Waals surface area contributed by atoms with Crippen LogP contribution in [-0.4, -0.2) is 48.5 Å². The number of pyridine rings is 1. The first-order valence-electron chi connectivity index (χ1n) is 14.9. The van der Waals surface area contributed by atoms with Crippen molar-refractivity contribution in [2.24, 2.45) is 5.92 Å². The maximum absolute atomic E-state index is 13.5. The predicted molar refractivity (Wildman–Crippen MR) is 186 cm³/mol. The topological polar surface area (TPSA) is 101 Å². The Labute approximate surface area is 277 Å². The van der Waals surface area contributed by atoms with Crippen molar-refractivity contribution < 1.29 is 13.4 Å². The highest BCUT2D eigenvalue weighted by Gasteiger charge is 2.53. The summed E-state index contributed by atoms with van der Waals surface area (Å²) in [5.41, 5.74) is 3.47. The summed E-state index contributed by atoms with van der Waals surface area (Å²) < 4.78 is 37.6. The van der Waals surface area contributed by atoms with E-state index in [9.17, 15) is 8.94 Å². The van der Waals surface area contributed by atoms with Crippen LogP contribution in [-0.2, 0) is 26.0 Å². The minimum atomic E-state index is -1.91. The molecule has 1 aromatic carbocycles. The number of fused-ring (bicyclic) bond motifs is 1. The van der Waals surface area contributed by atoms with E-state index in [0.29, 0.717) is 17.2 Å². The van der Waals surface area contributed by atoms with Crippen LogP contribution >= 0.6 is 22.6 Å². The number of rotatable bonds is 9. The molecule has 5 rings (SSSR count). The van der Waals surface area contributed by atoms with Gasteiger partial charge < -0.3 is 8.98 Å². The van der Waals surface area contributed by atoms with E-state index >= 15 is 0 Å². The van der Waals surface area contributed by atoms with Gasteiger partial charge >= 0.3 is 0 Å². The Balaban J connectivity index is 1.48. The van der Waals surface area contributed by atoms with Gasteiger partial charge in [0, 0.05) is 34.3 Å². The van der Waals surface area contributed by atoms with Gasteiger partial charge in [-0.3, -0.25) is 4.98 Å². The van der Waals surface area contributed by atoms with Crippen molar-refractivity contribution in [2.45, 2.75) is 93.6 Å². The molecule has 1 aliphatic carbocycles. The van der Waals surface area contributed by atoms with Crippen LogP contribution in [0.2, 0.25) is 18.1 Å². The minimum Gasteiger partial charge on any atom is -0.598 e. The van der Waals surface area contributed by atoms with Gasteiger partial charge in [0.1, 0.15) is 11.4 Å². The number of nitrogens with zero attached hydrogens (tertiary/aromatic N) is 5. The maximum atomic E-state index is 13.5. The van der Waals surface area contributed by atoms with Crippen LogP contribution in [0, 0.1) is 5.92 Å². The lowest BCUT2D eigenvalue weighted by atomic mass is 9.76. The quantitative estimate of drug-likeness (QED) is 0.0614. The van der Waals surface area contributed by atoms with E-state index in [-0.39, 0.29) is 17.1 Å². The molecule has 0 spiro atoms. The Bertz CT molecular complexity index is 1640. The molecule has 0 saturated heterocycles. The zero-order valence-corrected chi connectivity index (χ0v) is 30.7. The van der Waals surface area contributed by atoms with E-state index in [2.05, 4.69) is 76.2 Å². The van der Waals surface area contributed by atoms with Crippen LogP contribution in [0.15, 0.2) is 55.0 Å². The van der Waals surface area contributed by atoms with E-state index in [1.165, 1.54) is 0 Å². The van der Waals surface area contributed by atoms with E-state index < -0.39 is 34.6 Å². The van der Waals surface area contributed by atoms with E-state index in [1.54, 1.807) is 35.4 Å². The molecule has 3 aromatic heterocycles. The van der Waals surface area contributed by atoms with Gasteiger partial charge in [0.05, 0.1) is 41.2 Å². The fourth-order valence-electron chi connectivity index (χ4n) is 4.91. The van der Waals surface area contributed by atoms with Crippen LogP contribution in [0.5, 0.6) is 0 Å². The number of hydrogen-bond donors (Lipinski definition) is 1. The van der Waals surface area contributed by atoms with Crippen LogP contribution in [0.4, 0.5) is 4.39 Å². The van der Waals surface area contributed by atoms with Crippen molar-refractivity contribution in [1.29, 1.82) is 0 Å². The van der Waals surface area contributed by atoms with Gasteiger partial charge in [-0.15, -0.1) is 4.72 Å². The molecule has 0 radical (unpaired) electrons. The largest absolute Gasteiger partial charge is 0.598 e. The van der Waals surface area contributed by atoms with E-state index in [4.69, 9.17) is 9.41 Å². The number of halogens is 2. The summed E-state index contributed by atoms with van der Waals surface area (Å²) in [6.07, 6.45) is 7.17. The van der Waals surface area contributed by atoms with Crippen molar-refractivity contribution >= 4 is 53.2 Å². The SMILES string of the molecule is CC(C)(C)[S+]([O-])NC(I)(c1cncc(-c2ccc3cnn(-c4cccc(CF)n4)c3c2)n1)C1CC(O[Si](C)(C)C(C)(C)C)C1. The molecular weight excluding hydrogens is 706 g/mol. The maximum Gasteiger partial charge on any atom is 0.192 e. The van der Waals surface area contributed by atoms with Crippen LogP contribution in [0.3, 0.4) is 0 Å². The predicted octanol–water partition coefficient (Wildman–Crippen LogP) is 7.79. The van der Waals surface area contributed by atoms with Crippen LogP contribution < -0.4 is 4.72 Å². The highest BCUT2D eigenvalue weighted by molar-refractivity contribution is 14.1. The van der Waals surface area contributed by atoms with E-state index in [0.717, 1.165) is 35.0 Å². The molecule has 3 heterocycles. The highest BCUT2D eigenvalue weighted by atomic mass is 127. The van der Waals surface area contributed by atoms with Gasteiger partial charge in [0.2, 0.25) is 0 Å². The molecule has 0 bridgehead atoms. The second-order valence-corrected chi connectivity index (χ2v) is 22.5. The lowest BCUT2D eigenvalue weighted by Gasteiger charge is -2.49. The van der Waals surface area contributed by atoms with Gasteiger partial charge in [0.25, 0.3) is 0 Å². The Hall–Kier alpha value is -1.97. The van der Waals surface area contributed by atoms with Crippen molar-refractivity contribution in [3.8, 4) is 17.1 Å². The third kappa shape index (κ3) is 6.75. The van der Waals surface area contributed by atoms with Crippen molar-refractivity contribution in [3.63, 3.8) is 0 Å². The molecule has 1 saturated carbocycles. The molecule has 236 valence electrons. The average molecular weight is 749 g/mol. The fraction of sp³-hybridized carbons (Fsp3) is 0.500. The molecule has 44 heavy (non-hydrogen) atoms. The summed E-state index contributed by atoms with van der Waals surface area (Å²) in [6.45, 7) is 16.6. The van der Waals surface area contributed by atoms with Gasteiger partial charge in [-0.1, -0.05) is 39.0 Å². The molecule has 0 aliphatic heterocycles. The van der Waals surface area contributed by atoms with Gasteiger partial charge in [-0.05, 0) is 92.5 Å². The average Bonchev–Trinajstić information content (AvgIpc) is 3.37. The number of alkyl halides is 2. The standard InChI is InChI=1S/C32H42FIN6O2SSi/c1-30(2,3)43(41)39-32(34,23-15-25(16-23)42-44(7,8)31(4,5)6)28-20-35-19-26(38-28)21-12-13-22-18-36-40(27(22)14-21)29-11-9-10-24(17-33)37-29/h9-14,18-20,23,25,39H,15-17H2,1-8H3. The molecule has 8 nitrogen and oxygen atoms in total. The van der Waals surface area contributed by atoms with Gasteiger partial charge in [-0.2, -0.15) is 5.10 Å². The molecule has 2 unspecified atom stereocenters. The lowest BCUT2D eigenvalue weighted by molar-refractivity contribution is 0.0324. The molecule has 1 fully saturated rings. The normalized spacial score (nSPS) is 19.9. The van der Waals surface area contributed by atoms with Crippen LogP contribution in [0.1, 0.15) is 65.8 Å². The lowest BCUT2D eigenvalue weighted by Crippen LogP contribution is -2.57. The summed E-state index contributed by atoms with van der Waals surface area (Å²) in [7, 11) is -1.91. The first-order valence-corrected chi connectivity index (χ1v) is 20.0. The summed E-state index contributed by atoms with van der Waals surface area (Å²) in [6, 6.07) is 11.2. The molecule has 12 heteroatoms. The third-order valence-corrected chi connectivity index (χ3v) is 17.0.